The van der Waals surface area contributed by atoms with E-state index >= 15 is 0 Å². The second kappa shape index (κ2) is 7.31. The number of rotatable bonds is 5. The zero-order valence-corrected chi connectivity index (χ0v) is 14.3. The molecule has 2 aliphatic heterocycles. The third-order valence-electron chi connectivity index (χ3n) is 4.58. The first-order chi connectivity index (χ1) is 11.6. The predicted octanol–water partition coefficient (Wildman–Crippen LogP) is -0.378. The first kappa shape index (κ1) is 16.9. The van der Waals surface area contributed by atoms with E-state index in [-0.39, 0.29) is 17.7 Å². The van der Waals surface area contributed by atoms with Gasteiger partial charge in [-0.25, -0.2) is 0 Å². The van der Waals surface area contributed by atoms with E-state index in [9.17, 15) is 9.59 Å². The van der Waals surface area contributed by atoms with Crippen LogP contribution in [0.5, 0.6) is 0 Å². The number of amides is 2. The lowest BCUT2D eigenvalue weighted by molar-refractivity contribution is -0.136. The molecule has 0 bridgehead atoms. The molecule has 8 heteroatoms. The molecule has 3 heterocycles. The lowest BCUT2D eigenvalue weighted by Crippen LogP contribution is -2.40. The van der Waals surface area contributed by atoms with E-state index in [0.29, 0.717) is 45.0 Å². The van der Waals surface area contributed by atoms with Crippen LogP contribution >= 0.6 is 0 Å². The zero-order valence-electron chi connectivity index (χ0n) is 14.3. The molecule has 1 aromatic rings. The molecular formula is C16H25N5O3. The normalized spacial score (nSPS) is 20.3. The summed E-state index contributed by atoms with van der Waals surface area (Å²) in [6.07, 6.45) is 1.45. The van der Waals surface area contributed by atoms with Crippen molar-refractivity contribution in [1.82, 2.24) is 25.3 Å². The van der Waals surface area contributed by atoms with Crippen molar-refractivity contribution in [2.75, 3.05) is 46.9 Å². The average molecular weight is 335 g/mol. The second-order valence-corrected chi connectivity index (χ2v) is 6.66. The number of likely N-dealkylation sites (N-methyl/N-ethyl adjacent to an activating group) is 1. The van der Waals surface area contributed by atoms with Gasteiger partial charge in [0.2, 0.25) is 5.91 Å². The molecule has 1 atom stereocenters. The Morgan fingerprint density at radius 2 is 2.29 bits per heavy atom. The molecule has 2 aliphatic rings. The van der Waals surface area contributed by atoms with Crippen molar-refractivity contribution >= 4 is 11.8 Å². The van der Waals surface area contributed by atoms with Crippen molar-refractivity contribution in [2.24, 2.45) is 5.92 Å². The van der Waals surface area contributed by atoms with Crippen molar-refractivity contribution in [2.45, 2.75) is 19.4 Å². The molecule has 1 aromatic heterocycles. The van der Waals surface area contributed by atoms with Gasteiger partial charge in [0.15, 0.2) is 5.69 Å². The van der Waals surface area contributed by atoms with Crippen molar-refractivity contribution in [1.29, 1.82) is 0 Å². The number of hydrogen-bond donors (Lipinski definition) is 2. The molecule has 1 unspecified atom stereocenters. The molecule has 0 radical (unpaired) electrons. The summed E-state index contributed by atoms with van der Waals surface area (Å²) in [5, 5.41) is 9.99. The predicted molar refractivity (Wildman–Crippen MR) is 87.5 cm³/mol. The number of fused-ring (bicyclic) bond motifs is 1. The molecule has 3 rings (SSSR count). The van der Waals surface area contributed by atoms with Gasteiger partial charge in [-0.2, -0.15) is 5.10 Å². The molecule has 2 N–H and O–H groups in total. The van der Waals surface area contributed by atoms with Crippen LogP contribution in [0.1, 0.15) is 28.2 Å². The van der Waals surface area contributed by atoms with Gasteiger partial charge >= 0.3 is 0 Å². The number of aromatic nitrogens is 2. The lowest BCUT2D eigenvalue weighted by Gasteiger charge is -2.28. The monoisotopic (exact) mass is 335 g/mol. The van der Waals surface area contributed by atoms with Gasteiger partial charge in [-0.3, -0.25) is 14.7 Å². The fourth-order valence-corrected chi connectivity index (χ4v) is 3.16. The van der Waals surface area contributed by atoms with Crippen molar-refractivity contribution in [3.63, 3.8) is 0 Å². The molecule has 8 nitrogen and oxygen atoms in total. The molecular weight excluding hydrogens is 310 g/mol. The molecule has 0 saturated carbocycles. The Morgan fingerprint density at radius 1 is 1.46 bits per heavy atom. The number of nitrogens with zero attached hydrogens (tertiary/aromatic N) is 3. The van der Waals surface area contributed by atoms with Gasteiger partial charge in [-0.15, -0.1) is 0 Å². The summed E-state index contributed by atoms with van der Waals surface area (Å²) in [6, 6.07) is 0. The highest BCUT2D eigenvalue weighted by atomic mass is 16.5. The van der Waals surface area contributed by atoms with Crippen molar-refractivity contribution < 1.29 is 14.3 Å². The van der Waals surface area contributed by atoms with E-state index in [1.807, 2.05) is 23.9 Å². The average Bonchev–Trinajstić information content (AvgIpc) is 3.22. The maximum Gasteiger partial charge on any atom is 0.272 e. The van der Waals surface area contributed by atoms with Crippen LogP contribution in [0.4, 0.5) is 0 Å². The topological polar surface area (TPSA) is 90.6 Å². The largest absolute Gasteiger partial charge is 0.381 e. The van der Waals surface area contributed by atoms with Gasteiger partial charge in [-0.1, -0.05) is 0 Å². The minimum atomic E-state index is -0.154. The molecule has 0 aliphatic carbocycles. The Kier molecular flexibility index (Phi) is 5.15. The lowest BCUT2D eigenvalue weighted by atomic mass is 10.0. The van der Waals surface area contributed by atoms with Crippen LogP contribution < -0.4 is 5.32 Å². The Labute approximate surface area is 141 Å². The summed E-state index contributed by atoms with van der Waals surface area (Å²) in [5.41, 5.74) is 2.26. The first-order valence-corrected chi connectivity index (χ1v) is 8.42. The number of hydrogen-bond acceptors (Lipinski definition) is 5. The Morgan fingerprint density at radius 3 is 3.00 bits per heavy atom. The summed E-state index contributed by atoms with van der Waals surface area (Å²) >= 11 is 0. The highest BCUT2D eigenvalue weighted by molar-refractivity contribution is 5.94. The fraction of sp³-hybridized carbons (Fsp3) is 0.688. The molecule has 0 spiro atoms. The Hall–Kier alpha value is -1.93. The third kappa shape index (κ3) is 3.59. The fourth-order valence-electron chi connectivity index (χ4n) is 3.16. The standard InChI is InChI=1S/C16H25N5O3/c1-20(2)7-5-17-15(22)14-12-3-6-21(9-13(12)18-19-14)16(23)11-4-8-24-10-11/h11H,3-10H2,1-2H3,(H,17,22)(H,18,19). The van der Waals surface area contributed by atoms with Crippen molar-refractivity contribution in [3.8, 4) is 0 Å². The van der Waals surface area contributed by atoms with Gasteiger partial charge < -0.3 is 19.9 Å². The maximum atomic E-state index is 12.5. The maximum absolute atomic E-state index is 12.5. The summed E-state index contributed by atoms with van der Waals surface area (Å²) in [6.45, 7) is 3.66. The molecule has 24 heavy (non-hydrogen) atoms. The van der Waals surface area contributed by atoms with Crippen LogP contribution in [0.15, 0.2) is 0 Å². The van der Waals surface area contributed by atoms with Crippen LogP contribution in [0.25, 0.3) is 0 Å². The Bertz CT molecular complexity index is 607. The van der Waals surface area contributed by atoms with Gasteiger partial charge in [0.1, 0.15) is 0 Å². The third-order valence-corrected chi connectivity index (χ3v) is 4.58. The van der Waals surface area contributed by atoms with Crippen LogP contribution in [0, 0.1) is 5.92 Å². The van der Waals surface area contributed by atoms with E-state index in [1.165, 1.54) is 0 Å². The van der Waals surface area contributed by atoms with Gasteiger partial charge in [0.25, 0.3) is 5.91 Å². The molecule has 0 aromatic carbocycles. The summed E-state index contributed by atoms with van der Waals surface area (Å²) in [7, 11) is 3.92. The van der Waals surface area contributed by atoms with Crippen LogP contribution in [0.2, 0.25) is 0 Å². The highest BCUT2D eigenvalue weighted by Gasteiger charge is 2.32. The molecule has 1 saturated heterocycles. The summed E-state index contributed by atoms with van der Waals surface area (Å²) < 4.78 is 5.30. The molecule has 1 fully saturated rings. The summed E-state index contributed by atoms with van der Waals surface area (Å²) in [5.74, 6) is -0.0358. The van der Waals surface area contributed by atoms with Crippen LogP contribution in [-0.2, 0) is 22.5 Å². The van der Waals surface area contributed by atoms with Gasteiger partial charge in [-0.05, 0) is 26.9 Å². The van der Waals surface area contributed by atoms with E-state index in [2.05, 4.69) is 15.5 Å². The smallest absolute Gasteiger partial charge is 0.272 e. The van der Waals surface area contributed by atoms with E-state index in [4.69, 9.17) is 4.74 Å². The molecule has 132 valence electrons. The van der Waals surface area contributed by atoms with E-state index < -0.39 is 0 Å². The van der Waals surface area contributed by atoms with Crippen LogP contribution in [0.3, 0.4) is 0 Å². The SMILES string of the molecule is CN(C)CCNC(=O)c1n[nH]c2c1CCN(C(=O)C1CCOC1)C2. The quantitative estimate of drug-likeness (QED) is 0.766. The highest BCUT2D eigenvalue weighted by Crippen LogP contribution is 2.23. The molecule has 2 amide bonds. The van der Waals surface area contributed by atoms with Gasteiger partial charge in [0, 0.05) is 31.8 Å². The van der Waals surface area contributed by atoms with Gasteiger partial charge in [0.05, 0.1) is 24.8 Å². The second-order valence-electron chi connectivity index (χ2n) is 6.66. The number of ether oxygens (including phenoxy) is 1. The zero-order chi connectivity index (χ0) is 17.1. The number of carbonyl (C=O) groups is 2. The number of carbonyl (C=O) groups excluding carboxylic acids is 2. The van der Waals surface area contributed by atoms with E-state index in [0.717, 1.165) is 24.2 Å². The Balaban J connectivity index is 1.61. The van der Waals surface area contributed by atoms with E-state index in [1.54, 1.807) is 0 Å². The summed E-state index contributed by atoms with van der Waals surface area (Å²) in [4.78, 5) is 28.6. The number of H-pyrrole nitrogens is 1. The van der Waals surface area contributed by atoms with Crippen molar-refractivity contribution in [3.05, 3.63) is 17.0 Å². The van der Waals surface area contributed by atoms with Crippen LogP contribution in [-0.4, -0.2) is 78.8 Å². The number of aromatic amines is 1. The first-order valence-electron chi connectivity index (χ1n) is 8.42. The minimum Gasteiger partial charge on any atom is -0.381 e. The minimum absolute atomic E-state index is 0.0247. The number of nitrogens with one attached hydrogen (secondary N) is 2.